The molecule has 0 saturated heterocycles. The first-order chi connectivity index (χ1) is 7.77. The lowest BCUT2D eigenvalue weighted by molar-refractivity contribution is -0.123. The third-order valence-corrected chi connectivity index (χ3v) is 3.23. The van der Waals surface area contributed by atoms with Crippen molar-refractivity contribution < 1.29 is 4.79 Å². The molecular formula is C13H24N2O. The molecule has 16 heavy (non-hydrogen) atoms. The Morgan fingerprint density at radius 1 is 1.31 bits per heavy atom. The molecule has 0 aromatic rings. The van der Waals surface area contributed by atoms with E-state index in [4.69, 9.17) is 0 Å². The fourth-order valence-electron chi connectivity index (χ4n) is 2.35. The molecule has 0 bridgehead atoms. The Kier molecular flexibility index (Phi) is 4.97. The van der Waals surface area contributed by atoms with Gasteiger partial charge in [0.1, 0.15) is 11.4 Å². The van der Waals surface area contributed by atoms with Gasteiger partial charge in [0, 0.05) is 6.42 Å². The molecule has 3 nitrogen and oxygen atoms in total. The Morgan fingerprint density at radius 3 is 2.50 bits per heavy atom. The normalized spacial score (nSPS) is 21.4. The van der Waals surface area contributed by atoms with E-state index < -0.39 is 0 Å². The van der Waals surface area contributed by atoms with Crippen LogP contribution in [0.1, 0.15) is 65.7 Å². The molecule has 92 valence electrons. The number of aliphatic imine (C=N–C) groups is 1. The van der Waals surface area contributed by atoms with Crippen LogP contribution in [0.15, 0.2) is 4.99 Å². The summed E-state index contributed by atoms with van der Waals surface area (Å²) in [4.78, 5) is 16.3. The van der Waals surface area contributed by atoms with Gasteiger partial charge < -0.3 is 5.32 Å². The smallest absolute Gasteiger partial charge is 0.253 e. The van der Waals surface area contributed by atoms with Gasteiger partial charge in [0.25, 0.3) is 5.91 Å². The van der Waals surface area contributed by atoms with Crippen molar-refractivity contribution in [3.63, 3.8) is 0 Å². The summed E-state index contributed by atoms with van der Waals surface area (Å²) in [6, 6.07) is 0. The summed E-state index contributed by atoms with van der Waals surface area (Å²) in [5.41, 5.74) is -0.344. The predicted molar refractivity (Wildman–Crippen MR) is 67.6 cm³/mol. The maximum absolute atomic E-state index is 11.7. The lowest BCUT2D eigenvalue weighted by Gasteiger charge is -2.14. The Morgan fingerprint density at radius 2 is 1.94 bits per heavy atom. The summed E-state index contributed by atoms with van der Waals surface area (Å²) < 4.78 is 0. The van der Waals surface area contributed by atoms with Crippen LogP contribution in [0.4, 0.5) is 0 Å². The molecule has 1 aliphatic carbocycles. The van der Waals surface area contributed by atoms with E-state index in [2.05, 4.69) is 17.2 Å². The van der Waals surface area contributed by atoms with Gasteiger partial charge in [-0.05, 0) is 19.3 Å². The van der Waals surface area contributed by atoms with E-state index in [0.29, 0.717) is 0 Å². The van der Waals surface area contributed by atoms with Crippen LogP contribution in [0.3, 0.4) is 0 Å². The first kappa shape index (κ1) is 13.2. The van der Waals surface area contributed by atoms with Gasteiger partial charge in [0.05, 0.1) is 0 Å². The standard InChI is InChI=1S/C11H18N2O.C2H6/c1-2-3-6-9-12-10(14)11(13-9)7-4-5-8-11;1-2/h2-8H2,1H3,(H,12,13,14);1-2H3. The first-order valence-electron chi connectivity index (χ1n) is 6.67. The summed E-state index contributed by atoms with van der Waals surface area (Å²) in [5.74, 6) is 1.08. The van der Waals surface area contributed by atoms with Gasteiger partial charge in [-0.1, -0.05) is 40.0 Å². The zero-order chi connectivity index (χ0) is 12.0. The van der Waals surface area contributed by atoms with Crippen LogP contribution in [0, 0.1) is 0 Å². The van der Waals surface area contributed by atoms with E-state index in [9.17, 15) is 4.79 Å². The molecule has 1 amide bonds. The van der Waals surface area contributed by atoms with Crippen molar-refractivity contribution in [2.75, 3.05) is 0 Å². The molecule has 1 heterocycles. The molecule has 2 aliphatic rings. The molecule has 1 aliphatic heterocycles. The number of amides is 1. The van der Waals surface area contributed by atoms with E-state index in [0.717, 1.165) is 50.8 Å². The molecule has 2 rings (SSSR count). The van der Waals surface area contributed by atoms with E-state index in [1.807, 2.05) is 13.8 Å². The van der Waals surface area contributed by atoms with Crippen LogP contribution in [0.2, 0.25) is 0 Å². The van der Waals surface area contributed by atoms with Gasteiger partial charge in [0.15, 0.2) is 0 Å². The lowest BCUT2D eigenvalue weighted by atomic mass is 9.99. The topological polar surface area (TPSA) is 41.5 Å². The highest BCUT2D eigenvalue weighted by Gasteiger charge is 2.45. The quantitative estimate of drug-likeness (QED) is 0.786. The van der Waals surface area contributed by atoms with E-state index in [-0.39, 0.29) is 11.4 Å². The minimum absolute atomic E-state index is 0.154. The SMILES string of the molecule is CC.CCCCC1=NC2(CCCC2)C(=O)N1. The van der Waals surface area contributed by atoms with E-state index in [1.165, 1.54) is 0 Å². The van der Waals surface area contributed by atoms with Crippen molar-refractivity contribution in [2.24, 2.45) is 4.99 Å². The maximum atomic E-state index is 11.7. The monoisotopic (exact) mass is 224 g/mol. The molecule has 0 atom stereocenters. The number of nitrogens with zero attached hydrogens (tertiary/aromatic N) is 1. The van der Waals surface area contributed by atoms with E-state index in [1.54, 1.807) is 0 Å². The number of amidine groups is 1. The molecule has 0 aromatic carbocycles. The fraction of sp³-hybridized carbons (Fsp3) is 0.846. The number of carbonyl (C=O) groups excluding carboxylic acids is 1. The molecule has 0 aromatic heterocycles. The lowest BCUT2D eigenvalue weighted by Crippen LogP contribution is -2.37. The molecule has 0 unspecified atom stereocenters. The van der Waals surface area contributed by atoms with Gasteiger partial charge in [-0.15, -0.1) is 0 Å². The Balaban J connectivity index is 0.000000606. The number of unbranched alkanes of at least 4 members (excludes halogenated alkanes) is 1. The second-order valence-corrected chi connectivity index (χ2v) is 4.35. The number of carbonyl (C=O) groups is 1. The fourth-order valence-corrected chi connectivity index (χ4v) is 2.35. The predicted octanol–water partition coefficient (Wildman–Crippen LogP) is 3.04. The van der Waals surface area contributed by atoms with Crippen LogP contribution in [0.5, 0.6) is 0 Å². The average molecular weight is 224 g/mol. The molecule has 0 radical (unpaired) electrons. The molecular weight excluding hydrogens is 200 g/mol. The third kappa shape index (κ3) is 2.63. The van der Waals surface area contributed by atoms with Crippen LogP contribution >= 0.6 is 0 Å². The third-order valence-electron chi connectivity index (χ3n) is 3.23. The van der Waals surface area contributed by atoms with Gasteiger partial charge in [-0.25, -0.2) is 0 Å². The summed E-state index contributed by atoms with van der Waals surface area (Å²) in [6.45, 7) is 6.16. The van der Waals surface area contributed by atoms with Crippen LogP contribution < -0.4 is 5.32 Å². The van der Waals surface area contributed by atoms with Crippen molar-refractivity contribution in [1.82, 2.24) is 5.32 Å². The van der Waals surface area contributed by atoms with Crippen molar-refractivity contribution in [3.8, 4) is 0 Å². The Bertz CT molecular complexity index is 265. The minimum atomic E-state index is -0.344. The minimum Gasteiger partial charge on any atom is -0.312 e. The van der Waals surface area contributed by atoms with Gasteiger partial charge >= 0.3 is 0 Å². The highest BCUT2D eigenvalue weighted by Crippen LogP contribution is 2.36. The second kappa shape index (κ2) is 6.02. The highest BCUT2D eigenvalue weighted by molar-refractivity contribution is 6.08. The van der Waals surface area contributed by atoms with E-state index >= 15 is 0 Å². The van der Waals surface area contributed by atoms with Crippen molar-refractivity contribution in [3.05, 3.63) is 0 Å². The summed E-state index contributed by atoms with van der Waals surface area (Å²) in [7, 11) is 0. The number of hydrogen-bond acceptors (Lipinski definition) is 2. The van der Waals surface area contributed by atoms with Crippen LogP contribution in [-0.4, -0.2) is 17.3 Å². The number of hydrogen-bond donors (Lipinski definition) is 1. The zero-order valence-electron chi connectivity index (χ0n) is 10.8. The summed E-state index contributed by atoms with van der Waals surface area (Å²) >= 11 is 0. The second-order valence-electron chi connectivity index (χ2n) is 4.35. The van der Waals surface area contributed by atoms with Crippen molar-refractivity contribution >= 4 is 11.7 Å². The molecule has 1 saturated carbocycles. The molecule has 1 N–H and O–H groups in total. The largest absolute Gasteiger partial charge is 0.312 e. The molecule has 1 spiro atoms. The zero-order valence-corrected chi connectivity index (χ0v) is 10.8. The molecule has 1 fully saturated rings. The van der Waals surface area contributed by atoms with Crippen LogP contribution in [0.25, 0.3) is 0 Å². The maximum Gasteiger partial charge on any atom is 0.253 e. The Hall–Kier alpha value is -0.860. The number of nitrogens with one attached hydrogen (secondary N) is 1. The first-order valence-corrected chi connectivity index (χ1v) is 6.67. The van der Waals surface area contributed by atoms with Gasteiger partial charge in [0.2, 0.25) is 0 Å². The molecule has 3 heteroatoms. The van der Waals surface area contributed by atoms with Gasteiger partial charge in [-0.2, -0.15) is 0 Å². The summed E-state index contributed by atoms with van der Waals surface area (Å²) in [5, 5.41) is 2.93. The van der Waals surface area contributed by atoms with Gasteiger partial charge in [-0.3, -0.25) is 9.79 Å². The number of rotatable bonds is 3. The van der Waals surface area contributed by atoms with Crippen molar-refractivity contribution in [1.29, 1.82) is 0 Å². The average Bonchev–Trinajstić information content (AvgIpc) is 2.89. The van der Waals surface area contributed by atoms with Crippen molar-refractivity contribution in [2.45, 2.75) is 71.3 Å². The van der Waals surface area contributed by atoms with Crippen LogP contribution in [-0.2, 0) is 4.79 Å². The summed E-state index contributed by atoms with van der Waals surface area (Å²) in [6.07, 6.45) is 7.42. The Labute approximate surface area is 98.7 Å². The highest BCUT2D eigenvalue weighted by atomic mass is 16.2.